The molecule has 3 heteroatoms. The first kappa shape index (κ1) is 15.3. The summed E-state index contributed by atoms with van der Waals surface area (Å²) in [6, 6.07) is 13.2. The average molecular weight is 329 g/mol. The molecular formula is C20H25O2S+. The van der Waals surface area contributed by atoms with Crippen LogP contribution >= 0.6 is 0 Å². The van der Waals surface area contributed by atoms with Crippen molar-refractivity contribution in [2.75, 3.05) is 13.9 Å². The molecular weight excluding hydrogens is 304 g/mol. The number of rotatable bonds is 4. The molecule has 23 heavy (non-hydrogen) atoms. The van der Waals surface area contributed by atoms with E-state index in [9.17, 15) is 0 Å². The zero-order chi connectivity index (χ0) is 15.6. The van der Waals surface area contributed by atoms with Crippen LogP contribution in [0.4, 0.5) is 0 Å². The lowest BCUT2D eigenvalue weighted by molar-refractivity contribution is 0.0522. The SMILES string of the molecule is COCOc1ccc([S+]2C3CCCC2CCC3)c2ccccc12. The van der Waals surface area contributed by atoms with Crippen LogP contribution in [0.5, 0.6) is 5.75 Å². The predicted molar refractivity (Wildman–Crippen MR) is 97.4 cm³/mol. The molecule has 2 fully saturated rings. The van der Waals surface area contributed by atoms with Gasteiger partial charge in [0.25, 0.3) is 0 Å². The van der Waals surface area contributed by atoms with E-state index in [0.717, 1.165) is 16.2 Å². The number of hydrogen-bond acceptors (Lipinski definition) is 2. The van der Waals surface area contributed by atoms with Gasteiger partial charge in [-0.1, -0.05) is 18.2 Å². The first-order valence-electron chi connectivity index (χ1n) is 8.74. The summed E-state index contributed by atoms with van der Waals surface area (Å²) in [5.74, 6) is 0.942. The van der Waals surface area contributed by atoms with Crippen molar-refractivity contribution in [1.82, 2.24) is 0 Å². The van der Waals surface area contributed by atoms with E-state index in [0.29, 0.717) is 17.7 Å². The lowest BCUT2D eigenvalue weighted by Crippen LogP contribution is -2.40. The van der Waals surface area contributed by atoms with Gasteiger partial charge in [0, 0.05) is 28.8 Å². The van der Waals surface area contributed by atoms with Gasteiger partial charge in [0.05, 0.1) is 0 Å². The number of fused-ring (bicyclic) bond motifs is 3. The molecule has 0 aliphatic carbocycles. The van der Waals surface area contributed by atoms with E-state index in [1.54, 1.807) is 12.0 Å². The molecule has 0 atom stereocenters. The van der Waals surface area contributed by atoms with E-state index in [1.165, 1.54) is 49.3 Å². The van der Waals surface area contributed by atoms with Crippen molar-refractivity contribution in [3.8, 4) is 5.75 Å². The molecule has 0 spiro atoms. The molecule has 2 saturated heterocycles. The predicted octanol–water partition coefficient (Wildman–Crippen LogP) is 4.90. The van der Waals surface area contributed by atoms with Crippen molar-refractivity contribution in [3.63, 3.8) is 0 Å². The van der Waals surface area contributed by atoms with E-state index >= 15 is 0 Å². The quantitative estimate of drug-likeness (QED) is 0.586. The molecule has 2 heterocycles. The highest BCUT2D eigenvalue weighted by Gasteiger charge is 2.46. The van der Waals surface area contributed by atoms with Crippen molar-refractivity contribution in [1.29, 1.82) is 0 Å². The van der Waals surface area contributed by atoms with Crippen LogP contribution in [0.2, 0.25) is 0 Å². The molecule has 122 valence electrons. The van der Waals surface area contributed by atoms with Crippen LogP contribution in [0.25, 0.3) is 10.8 Å². The van der Waals surface area contributed by atoms with Crippen molar-refractivity contribution in [2.24, 2.45) is 0 Å². The van der Waals surface area contributed by atoms with Gasteiger partial charge in [-0.15, -0.1) is 0 Å². The highest BCUT2D eigenvalue weighted by atomic mass is 32.2. The van der Waals surface area contributed by atoms with Crippen LogP contribution in [0.1, 0.15) is 38.5 Å². The fourth-order valence-corrected chi connectivity index (χ4v) is 7.87. The smallest absolute Gasteiger partial charge is 0.188 e. The van der Waals surface area contributed by atoms with Crippen LogP contribution in [-0.2, 0) is 15.6 Å². The summed E-state index contributed by atoms with van der Waals surface area (Å²) in [6.45, 7) is 0.306. The Balaban J connectivity index is 1.78. The first-order valence-corrected chi connectivity index (χ1v) is 10.1. The van der Waals surface area contributed by atoms with Gasteiger partial charge in [0.2, 0.25) is 0 Å². The number of benzene rings is 2. The second-order valence-electron chi connectivity index (χ2n) is 6.64. The molecule has 0 N–H and O–H groups in total. The third kappa shape index (κ3) is 2.85. The summed E-state index contributed by atoms with van der Waals surface area (Å²) < 4.78 is 10.9. The van der Waals surface area contributed by atoms with E-state index < -0.39 is 0 Å². The molecule has 2 aliphatic heterocycles. The van der Waals surface area contributed by atoms with Crippen LogP contribution in [0.15, 0.2) is 41.3 Å². The molecule has 2 bridgehead atoms. The monoisotopic (exact) mass is 329 g/mol. The van der Waals surface area contributed by atoms with Gasteiger partial charge >= 0.3 is 0 Å². The van der Waals surface area contributed by atoms with Crippen LogP contribution < -0.4 is 4.74 Å². The standard InChI is InChI=1S/C20H25O2S/c1-21-14-22-19-12-13-20(18-11-3-2-10-17(18)19)23-15-6-4-7-16(23)9-5-8-15/h2-3,10-13,15-16H,4-9,14H2,1H3/q+1. The number of methoxy groups -OCH3 is 1. The molecule has 0 radical (unpaired) electrons. The Hall–Kier alpha value is -1.19. The van der Waals surface area contributed by atoms with Gasteiger partial charge in [-0.05, 0) is 56.7 Å². The minimum atomic E-state index is 0.306. The lowest BCUT2D eigenvalue weighted by atomic mass is 9.99. The van der Waals surface area contributed by atoms with Gasteiger partial charge in [-0.25, -0.2) is 0 Å². The zero-order valence-electron chi connectivity index (χ0n) is 13.8. The fraction of sp³-hybridized carbons (Fsp3) is 0.500. The minimum Gasteiger partial charge on any atom is -0.467 e. The molecule has 0 saturated carbocycles. The third-order valence-corrected chi connectivity index (χ3v) is 8.50. The molecule has 2 aromatic carbocycles. The second-order valence-corrected chi connectivity index (χ2v) is 9.15. The van der Waals surface area contributed by atoms with Crippen LogP contribution in [0, 0.1) is 0 Å². The Kier molecular flexibility index (Phi) is 4.50. The van der Waals surface area contributed by atoms with E-state index in [1.807, 2.05) is 0 Å². The third-order valence-electron chi connectivity index (χ3n) is 5.25. The Morgan fingerprint density at radius 2 is 1.57 bits per heavy atom. The van der Waals surface area contributed by atoms with Crippen LogP contribution in [0.3, 0.4) is 0 Å². The molecule has 4 rings (SSSR count). The van der Waals surface area contributed by atoms with Gasteiger partial charge in [0.15, 0.2) is 11.7 Å². The summed E-state index contributed by atoms with van der Waals surface area (Å²) in [5, 5.41) is 4.45. The number of ether oxygens (including phenoxy) is 2. The van der Waals surface area contributed by atoms with Gasteiger partial charge < -0.3 is 9.47 Å². The first-order chi connectivity index (χ1) is 11.4. The molecule has 2 nitrogen and oxygen atoms in total. The van der Waals surface area contributed by atoms with E-state index in [-0.39, 0.29) is 0 Å². The fourth-order valence-electron chi connectivity index (χ4n) is 4.27. The summed E-state index contributed by atoms with van der Waals surface area (Å²) in [5.41, 5.74) is 0. The molecule has 2 aromatic rings. The van der Waals surface area contributed by atoms with Crippen molar-refractivity contribution < 1.29 is 9.47 Å². The Morgan fingerprint density at radius 1 is 0.913 bits per heavy atom. The maximum absolute atomic E-state index is 5.79. The van der Waals surface area contributed by atoms with E-state index in [2.05, 4.69) is 36.4 Å². The van der Waals surface area contributed by atoms with Gasteiger partial charge in [0.1, 0.15) is 16.2 Å². The van der Waals surface area contributed by atoms with Crippen molar-refractivity contribution in [3.05, 3.63) is 36.4 Å². The normalized spacial score (nSPS) is 27.1. The summed E-state index contributed by atoms with van der Waals surface area (Å²) in [7, 11) is 2.09. The highest BCUT2D eigenvalue weighted by molar-refractivity contribution is 7.98. The minimum absolute atomic E-state index is 0.306. The molecule has 0 amide bonds. The topological polar surface area (TPSA) is 18.5 Å². The van der Waals surface area contributed by atoms with E-state index in [4.69, 9.17) is 9.47 Å². The molecule has 2 aliphatic rings. The van der Waals surface area contributed by atoms with Gasteiger partial charge in [-0.3, -0.25) is 0 Å². The Labute approximate surface area is 141 Å². The Bertz CT molecular complexity index is 662. The Morgan fingerprint density at radius 3 is 2.22 bits per heavy atom. The van der Waals surface area contributed by atoms with Crippen molar-refractivity contribution in [2.45, 2.75) is 53.9 Å². The average Bonchev–Trinajstić information content (AvgIpc) is 2.59. The summed E-state index contributed by atoms with van der Waals surface area (Å²) >= 11 is 0. The lowest BCUT2D eigenvalue weighted by Gasteiger charge is -2.35. The summed E-state index contributed by atoms with van der Waals surface area (Å²) in [6.07, 6.45) is 8.58. The summed E-state index contributed by atoms with van der Waals surface area (Å²) in [4.78, 5) is 1.58. The maximum Gasteiger partial charge on any atom is 0.188 e. The van der Waals surface area contributed by atoms with Crippen molar-refractivity contribution >= 4 is 21.7 Å². The molecule has 0 unspecified atom stereocenters. The second kappa shape index (κ2) is 6.74. The molecule has 0 aromatic heterocycles. The number of hydrogen-bond donors (Lipinski definition) is 0. The van der Waals surface area contributed by atoms with Crippen LogP contribution in [-0.4, -0.2) is 24.4 Å². The van der Waals surface area contributed by atoms with Gasteiger partial charge in [-0.2, -0.15) is 0 Å². The zero-order valence-corrected chi connectivity index (χ0v) is 14.6. The largest absolute Gasteiger partial charge is 0.467 e. The highest BCUT2D eigenvalue weighted by Crippen LogP contribution is 2.45. The maximum atomic E-state index is 5.79.